The summed E-state index contributed by atoms with van der Waals surface area (Å²) in [6.07, 6.45) is 1.11. The van der Waals surface area contributed by atoms with E-state index >= 15 is 0 Å². The molecular formula is C17H19NO4. The van der Waals surface area contributed by atoms with E-state index in [9.17, 15) is 14.4 Å². The molecule has 1 aromatic rings. The summed E-state index contributed by atoms with van der Waals surface area (Å²) in [6.45, 7) is 1.81. The molecule has 22 heavy (non-hydrogen) atoms. The van der Waals surface area contributed by atoms with Crippen molar-refractivity contribution in [3.63, 3.8) is 0 Å². The number of nitrogens with zero attached hydrogens (tertiary/aromatic N) is 1. The average Bonchev–Trinajstić information content (AvgIpc) is 2.82. The highest BCUT2D eigenvalue weighted by Gasteiger charge is 2.45. The summed E-state index contributed by atoms with van der Waals surface area (Å²) in [4.78, 5) is 37.5. The zero-order valence-corrected chi connectivity index (χ0v) is 12.5. The molecule has 3 rings (SSSR count). The molecule has 5 nitrogen and oxygen atoms in total. The summed E-state index contributed by atoms with van der Waals surface area (Å²) in [7, 11) is 0. The molecule has 116 valence electrons. The Morgan fingerprint density at radius 2 is 1.95 bits per heavy atom. The van der Waals surface area contributed by atoms with E-state index in [2.05, 4.69) is 0 Å². The van der Waals surface area contributed by atoms with Crippen LogP contribution < -0.4 is 0 Å². The first-order valence-electron chi connectivity index (χ1n) is 7.68. The van der Waals surface area contributed by atoms with E-state index in [4.69, 9.17) is 4.74 Å². The van der Waals surface area contributed by atoms with Crippen LogP contribution in [0.4, 0.5) is 4.79 Å². The van der Waals surface area contributed by atoms with Crippen LogP contribution in [-0.4, -0.2) is 28.7 Å². The van der Waals surface area contributed by atoms with Crippen LogP contribution in [0.1, 0.15) is 44.3 Å². The van der Waals surface area contributed by atoms with Crippen LogP contribution in [-0.2, 0) is 14.3 Å². The lowest BCUT2D eigenvalue weighted by molar-refractivity contribution is -0.137. The summed E-state index contributed by atoms with van der Waals surface area (Å²) < 4.78 is 5.39. The normalized spacial score (nSPS) is 28.6. The van der Waals surface area contributed by atoms with Crippen LogP contribution >= 0.6 is 0 Å². The van der Waals surface area contributed by atoms with E-state index in [-0.39, 0.29) is 30.1 Å². The zero-order valence-electron chi connectivity index (χ0n) is 12.5. The fraction of sp³-hybridized carbons (Fsp3) is 0.471. The van der Waals surface area contributed by atoms with Gasteiger partial charge >= 0.3 is 6.09 Å². The molecule has 0 radical (unpaired) electrons. The zero-order chi connectivity index (χ0) is 15.7. The maximum atomic E-state index is 12.6. The molecular weight excluding hydrogens is 282 g/mol. The fourth-order valence-electron chi connectivity index (χ4n) is 3.28. The topological polar surface area (TPSA) is 63.7 Å². The van der Waals surface area contributed by atoms with Gasteiger partial charge in [-0.15, -0.1) is 0 Å². The molecule has 3 atom stereocenters. The van der Waals surface area contributed by atoms with Gasteiger partial charge in [0.1, 0.15) is 11.9 Å². The van der Waals surface area contributed by atoms with Crippen LogP contribution in [0.15, 0.2) is 30.3 Å². The van der Waals surface area contributed by atoms with Crippen molar-refractivity contribution in [3.8, 4) is 0 Å². The molecule has 0 aromatic heterocycles. The molecule has 0 N–H and O–H groups in total. The molecule has 1 aliphatic carbocycles. The lowest BCUT2D eigenvalue weighted by atomic mass is 9.87. The first-order valence-corrected chi connectivity index (χ1v) is 7.68. The van der Waals surface area contributed by atoms with Crippen LogP contribution in [0.5, 0.6) is 0 Å². The van der Waals surface area contributed by atoms with Gasteiger partial charge in [-0.25, -0.2) is 9.69 Å². The lowest BCUT2D eigenvalue weighted by Gasteiger charge is -2.26. The second kappa shape index (κ2) is 5.91. The number of hydrogen-bond donors (Lipinski definition) is 0. The maximum Gasteiger partial charge on any atom is 0.417 e. The highest BCUT2D eigenvalue weighted by atomic mass is 16.6. The molecule has 5 heteroatoms. The van der Waals surface area contributed by atoms with E-state index in [0.717, 1.165) is 5.56 Å². The highest BCUT2D eigenvalue weighted by Crippen LogP contribution is 2.35. The number of Topliss-reactive ketones (excluding diaryl/α,β-unsaturated/α-hetero) is 1. The molecule has 0 spiro atoms. The van der Waals surface area contributed by atoms with Gasteiger partial charge in [0.05, 0.1) is 6.04 Å². The highest BCUT2D eigenvalue weighted by molar-refractivity contribution is 5.97. The van der Waals surface area contributed by atoms with Crippen LogP contribution in [0.3, 0.4) is 0 Å². The van der Waals surface area contributed by atoms with Crippen molar-refractivity contribution in [1.82, 2.24) is 4.90 Å². The van der Waals surface area contributed by atoms with E-state index in [0.29, 0.717) is 19.3 Å². The summed E-state index contributed by atoms with van der Waals surface area (Å²) in [6, 6.07) is 9.04. The molecule has 1 saturated heterocycles. The largest absolute Gasteiger partial charge is 0.439 e. The number of cyclic esters (lactones) is 1. The van der Waals surface area contributed by atoms with Crippen LogP contribution in [0, 0.1) is 5.92 Å². The number of hydrogen-bond acceptors (Lipinski definition) is 4. The summed E-state index contributed by atoms with van der Waals surface area (Å²) in [5.41, 5.74) is 0.873. The Hall–Kier alpha value is -2.17. The maximum absolute atomic E-state index is 12.6. The predicted octanol–water partition coefficient (Wildman–Crippen LogP) is 2.85. The number of ketones is 1. The third-order valence-corrected chi connectivity index (χ3v) is 4.47. The Labute approximate surface area is 129 Å². The summed E-state index contributed by atoms with van der Waals surface area (Å²) in [5, 5.41) is 0. The second-order valence-electron chi connectivity index (χ2n) is 6.00. The Balaban J connectivity index is 1.78. The third kappa shape index (κ3) is 2.63. The number of ether oxygens (including phenoxy) is 1. The molecule has 1 aromatic carbocycles. The minimum Gasteiger partial charge on any atom is -0.439 e. The van der Waals surface area contributed by atoms with Gasteiger partial charge in [-0.3, -0.25) is 9.59 Å². The van der Waals surface area contributed by atoms with Crippen molar-refractivity contribution in [2.24, 2.45) is 5.92 Å². The van der Waals surface area contributed by atoms with Gasteiger partial charge in [-0.05, 0) is 25.3 Å². The van der Waals surface area contributed by atoms with Crippen molar-refractivity contribution in [2.45, 2.75) is 44.8 Å². The van der Waals surface area contributed by atoms with Crippen molar-refractivity contribution in [3.05, 3.63) is 35.9 Å². The Bertz CT molecular complexity index is 598. The molecule has 1 heterocycles. The van der Waals surface area contributed by atoms with Crippen molar-refractivity contribution >= 4 is 17.8 Å². The summed E-state index contributed by atoms with van der Waals surface area (Å²) in [5.74, 6) is -0.556. The van der Waals surface area contributed by atoms with E-state index in [1.165, 1.54) is 4.90 Å². The minimum atomic E-state index is -0.607. The Morgan fingerprint density at radius 3 is 2.64 bits per heavy atom. The van der Waals surface area contributed by atoms with Gasteiger partial charge in [0.15, 0.2) is 0 Å². The van der Waals surface area contributed by atoms with E-state index < -0.39 is 12.2 Å². The Morgan fingerprint density at radius 1 is 1.23 bits per heavy atom. The molecule has 2 amide bonds. The molecule has 1 saturated carbocycles. The molecule has 2 aliphatic rings. The Kier molecular flexibility index (Phi) is 3.96. The summed E-state index contributed by atoms with van der Waals surface area (Å²) >= 11 is 0. The number of imide groups is 1. The monoisotopic (exact) mass is 301 g/mol. The molecule has 3 unspecified atom stereocenters. The third-order valence-electron chi connectivity index (χ3n) is 4.47. The van der Waals surface area contributed by atoms with Gasteiger partial charge < -0.3 is 4.74 Å². The van der Waals surface area contributed by atoms with Gasteiger partial charge in [0.2, 0.25) is 5.91 Å². The quantitative estimate of drug-likeness (QED) is 0.842. The van der Waals surface area contributed by atoms with Crippen molar-refractivity contribution in [1.29, 1.82) is 0 Å². The minimum absolute atomic E-state index is 0.101. The number of amides is 2. The van der Waals surface area contributed by atoms with Crippen molar-refractivity contribution < 1.29 is 19.1 Å². The standard InChI is InChI=1S/C17H19NO4/c1-11-15(12-6-3-2-4-7-12)22-17(21)18(11)16(20)13-8-5-9-14(19)10-13/h2-4,6-7,11,13,15H,5,8-10H2,1H3. The molecule has 0 bridgehead atoms. The lowest BCUT2D eigenvalue weighted by Crippen LogP contribution is -2.43. The second-order valence-corrected chi connectivity index (χ2v) is 6.00. The first kappa shape index (κ1) is 14.8. The number of benzene rings is 1. The molecule has 1 aliphatic heterocycles. The van der Waals surface area contributed by atoms with Gasteiger partial charge in [-0.1, -0.05) is 30.3 Å². The SMILES string of the molecule is CC1C(c2ccccc2)OC(=O)N1C(=O)C1CCCC(=O)C1. The van der Waals surface area contributed by atoms with E-state index in [1.807, 2.05) is 37.3 Å². The van der Waals surface area contributed by atoms with E-state index in [1.54, 1.807) is 0 Å². The van der Waals surface area contributed by atoms with Crippen molar-refractivity contribution in [2.75, 3.05) is 0 Å². The van der Waals surface area contributed by atoms with Gasteiger partial charge in [0.25, 0.3) is 0 Å². The van der Waals surface area contributed by atoms with Gasteiger partial charge in [-0.2, -0.15) is 0 Å². The molecule has 2 fully saturated rings. The smallest absolute Gasteiger partial charge is 0.417 e. The van der Waals surface area contributed by atoms with Crippen LogP contribution in [0.2, 0.25) is 0 Å². The number of rotatable bonds is 2. The van der Waals surface area contributed by atoms with Crippen LogP contribution in [0.25, 0.3) is 0 Å². The first-order chi connectivity index (χ1) is 10.6. The fourth-order valence-corrected chi connectivity index (χ4v) is 3.28. The number of carbonyl (C=O) groups excluding carboxylic acids is 3. The predicted molar refractivity (Wildman–Crippen MR) is 78.9 cm³/mol. The average molecular weight is 301 g/mol. The van der Waals surface area contributed by atoms with Gasteiger partial charge in [0, 0.05) is 18.8 Å². The number of carbonyl (C=O) groups is 3.